The third-order valence-electron chi connectivity index (χ3n) is 5.40. The summed E-state index contributed by atoms with van der Waals surface area (Å²) < 4.78 is 11.0. The molecule has 5 nitrogen and oxygen atoms in total. The molecule has 0 aromatic heterocycles. The highest BCUT2D eigenvalue weighted by atomic mass is 16.5. The zero-order valence-corrected chi connectivity index (χ0v) is 18.0. The number of nitrogens with zero attached hydrogens (tertiary/aromatic N) is 1. The number of hydrogen-bond donors (Lipinski definition) is 1. The van der Waals surface area contributed by atoms with E-state index in [4.69, 9.17) is 9.47 Å². The number of carbonyl (C=O) groups excluding carboxylic acids is 1. The maximum Gasteiger partial charge on any atom is 0.186 e. The molecular weight excluding hydrogens is 376 g/mol. The molecular formula is C25H32N2O3. The number of nitrogens with one attached hydrogen (secondary N) is 1. The van der Waals surface area contributed by atoms with Crippen molar-refractivity contribution < 1.29 is 14.3 Å². The van der Waals surface area contributed by atoms with Crippen LogP contribution < -0.4 is 14.8 Å². The molecule has 30 heavy (non-hydrogen) atoms. The Morgan fingerprint density at radius 1 is 1.07 bits per heavy atom. The minimum atomic E-state index is -0.330. The predicted molar refractivity (Wildman–Crippen MR) is 120 cm³/mol. The number of Topliss-reactive ketones (excluding diaryl/α,β-unsaturated/α-hetero) is 1. The van der Waals surface area contributed by atoms with Gasteiger partial charge in [-0.25, -0.2) is 0 Å². The molecule has 2 aromatic rings. The molecule has 0 spiro atoms. The van der Waals surface area contributed by atoms with Crippen LogP contribution in [-0.2, 0) is 0 Å². The highest BCUT2D eigenvalue weighted by molar-refractivity contribution is 6.00. The number of methoxy groups -OCH3 is 1. The van der Waals surface area contributed by atoms with Gasteiger partial charge in [-0.15, -0.1) is 0 Å². The molecule has 0 radical (unpaired) electrons. The van der Waals surface area contributed by atoms with Gasteiger partial charge in [0, 0.05) is 24.2 Å². The molecule has 0 amide bonds. The maximum absolute atomic E-state index is 13.2. The van der Waals surface area contributed by atoms with Crippen molar-refractivity contribution in [3.05, 3.63) is 71.9 Å². The first-order chi connectivity index (χ1) is 14.5. The van der Waals surface area contributed by atoms with Crippen molar-refractivity contribution in [3.8, 4) is 11.5 Å². The Morgan fingerprint density at radius 3 is 2.33 bits per heavy atom. The summed E-state index contributed by atoms with van der Waals surface area (Å²) in [6.45, 7) is 9.46. The van der Waals surface area contributed by atoms with Crippen LogP contribution >= 0.6 is 0 Å². The van der Waals surface area contributed by atoms with Crippen LogP contribution in [0.15, 0.2) is 60.8 Å². The van der Waals surface area contributed by atoms with Crippen LogP contribution in [0.5, 0.6) is 11.5 Å². The Hall–Kier alpha value is -2.79. The van der Waals surface area contributed by atoms with Crippen molar-refractivity contribution in [2.24, 2.45) is 0 Å². The molecule has 1 atom stereocenters. The average molecular weight is 409 g/mol. The molecule has 1 aliphatic heterocycles. The van der Waals surface area contributed by atoms with E-state index in [1.165, 1.54) is 18.4 Å². The van der Waals surface area contributed by atoms with E-state index in [1.54, 1.807) is 7.11 Å². The molecule has 2 aromatic carbocycles. The molecule has 0 bridgehead atoms. The Labute approximate surface area is 179 Å². The van der Waals surface area contributed by atoms with Crippen LogP contribution in [0.3, 0.4) is 0 Å². The highest BCUT2D eigenvalue weighted by Gasteiger charge is 2.24. The summed E-state index contributed by atoms with van der Waals surface area (Å²) in [5, 5.41) is 3.37. The lowest BCUT2D eigenvalue weighted by Gasteiger charge is -2.25. The molecule has 1 fully saturated rings. The second kappa shape index (κ2) is 10.8. The van der Waals surface area contributed by atoms with Crippen LogP contribution in [0.4, 0.5) is 0 Å². The Bertz CT molecular complexity index is 824. The van der Waals surface area contributed by atoms with Crippen LogP contribution in [0, 0.1) is 6.92 Å². The number of aryl methyl sites for hydroxylation is 1. The summed E-state index contributed by atoms with van der Waals surface area (Å²) >= 11 is 0. The maximum atomic E-state index is 13.2. The first-order valence-corrected chi connectivity index (χ1v) is 10.6. The molecule has 1 saturated heterocycles. The molecule has 1 aliphatic rings. The van der Waals surface area contributed by atoms with Crippen molar-refractivity contribution in [2.45, 2.75) is 32.2 Å². The quantitative estimate of drug-likeness (QED) is 0.564. The number of hydrogen-bond acceptors (Lipinski definition) is 5. The predicted octanol–water partition coefficient (Wildman–Crippen LogP) is 4.22. The van der Waals surface area contributed by atoms with Gasteiger partial charge >= 0.3 is 0 Å². The summed E-state index contributed by atoms with van der Waals surface area (Å²) in [5.41, 5.74) is 2.69. The number of ketones is 1. The Balaban J connectivity index is 1.58. The van der Waals surface area contributed by atoms with Crippen molar-refractivity contribution in [1.82, 2.24) is 10.2 Å². The minimum Gasteiger partial charge on any atom is -0.497 e. The second-order valence-electron chi connectivity index (χ2n) is 7.81. The van der Waals surface area contributed by atoms with Gasteiger partial charge in [-0.1, -0.05) is 24.3 Å². The fraction of sp³-hybridized carbons (Fsp3) is 0.400. The van der Waals surface area contributed by atoms with E-state index in [9.17, 15) is 4.79 Å². The summed E-state index contributed by atoms with van der Waals surface area (Å²) in [6.07, 6.45) is 3.02. The van der Waals surface area contributed by atoms with E-state index in [0.29, 0.717) is 25.1 Å². The van der Waals surface area contributed by atoms with Gasteiger partial charge in [0.25, 0.3) is 0 Å². The van der Waals surface area contributed by atoms with Crippen molar-refractivity contribution in [1.29, 1.82) is 0 Å². The molecule has 160 valence electrons. The van der Waals surface area contributed by atoms with E-state index >= 15 is 0 Å². The van der Waals surface area contributed by atoms with Crippen molar-refractivity contribution in [2.75, 3.05) is 33.4 Å². The van der Waals surface area contributed by atoms with Crippen molar-refractivity contribution in [3.63, 3.8) is 0 Å². The van der Waals surface area contributed by atoms with Gasteiger partial charge < -0.3 is 19.7 Å². The number of benzene rings is 2. The molecule has 3 rings (SSSR count). The normalized spacial score (nSPS) is 14.9. The molecule has 0 saturated carbocycles. The van der Waals surface area contributed by atoms with E-state index in [2.05, 4.69) is 23.7 Å². The second-order valence-corrected chi connectivity index (χ2v) is 7.81. The average Bonchev–Trinajstić information content (AvgIpc) is 3.27. The molecule has 5 heteroatoms. The lowest BCUT2D eigenvalue weighted by Crippen LogP contribution is -2.45. The zero-order valence-electron chi connectivity index (χ0n) is 18.0. The third-order valence-corrected chi connectivity index (χ3v) is 5.40. The standard InChI is InChI=1S/C25H32N2O3/c1-19-6-10-23(11-7-19)30-17-14-20(2)26-24(18-27-15-4-5-16-27)25(28)21-8-12-22(29-3)13-9-21/h6-13,24,26H,2,4-5,14-18H2,1,3H3/t24-/m1/s1. The first-order valence-electron chi connectivity index (χ1n) is 10.6. The molecule has 1 N–H and O–H groups in total. The topological polar surface area (TPSA) is 50.8 Å². The van der Waals surface area contributed by atoms with E-state index < -0.39 is 0 Å². The van der Waals surface area contributed by atoms with Crippen LogP contribution in [0.1, 0.15) is 35.2 Å². The lowest BCUT2D eigenvalue weighted by molar-refractivity contribution is 0.0924. The van der Waals surface area contributed by atoms with Crippen LogP contribution in [-0.4, -0.2) is 50.1 Å². The third kappa shape index (κ3) is 6.36. The van der Waals surface area contributed by atoms with Gasteiger partial charge in [-0.05, 0) is 69.3 Å². The summed E-state index contributed by atoms with van der Waals surface area (Å²) in [7, 11) is 1.62. The zero-order chi connectivity index (χ0) is 21.3. The highest BCUT2D eigenvalue weighted by Crippen LogP contribution is 2.16. The van der Waals surface area contributed by atoms with Crippen molar-refractivity contribution >= 4 is 5.78 Å². The monoisotopic (exact) mass is 408 g/mol. The van der Waals surface area contributed by atoms with Gasteiger partial charge in [0.05, 0.1) is 13.7 Å². The fourth-order valence-electron chi connectivity index (χ4n) is 3.62. The molecule has 0 aliphatic carbocycles. The summed E-state index contributed by atoms with van der Waals surface area (Å²) in [4.78, 5) is 15.5. The Morgan fingerprint density at radius 2 is 1.70 bits per heavy atom. The largest absolute Gasteiger partial charge is 0.497 e. The first kappa shape index (κ1) is 21.9. The number of ether oxygens (including phenoxy) is 2. The van der Waals surface area contributed by atoms with Gasteiger partial charge in [-0.2, -0.15) is 0 Å². The van der Waals surface area contributed by atoms with Crippen LogP contribution in [0.2, 0.25) is 0 Å². The smallest absolute Gasteiger partial charge is 0.186 e. The minimum absolute atomic E-state index is 0.0742. The van der Waals surface area contributed by atoms with Gasteiger partial charge in [0.15, 0.2) is 5.78 Å². The summed E-state index contributed by atoms with van der Waals surface area (Å²) in [5.74, 6) is 1.66. The Kier molecular flexibility index (Phi) is 7.91. The molecule has 0 unspecified atom stereocenters. The SMILES string of the molecule is C=C(CCOc1ccc(C)cc1)N[C@H](CN1CCCC1)C(=O)c1ccc(OC)cc1. The summed E-state index contributed by atoms with van der Waals surface area (Å²) in [6, 6.07) is 15.0. The number of rotatable bonds is 11. The van der Waals surface area contributed by atoms with Crippen LogP contribution in [0.25, 0.3) is 0 Å². The van der Waals surface area contributed by atoms with Gasteiger partial charge in [0.1, 0.15) is 17.5 Å². The van der Waals surface area contributed by atoms with Gasteiger partial charge in [-0.3, -0.25) is 4.79 Å². The lowest BCUT2D eigenvalue weighted by atomic mass is 10.0. The van der Waals surface area contributed by atoms with E-state index in [-0.39, 0.29) is 11.8 Å². The van der Waals surface area contributed by atoms with Gasteiger partial charge in [0.2, 0.25) is 0 Å². The number of carbonyl (C=O) groups is 1. The number of likely N-dealkylation sites (tertiary alicyclic amines) is 1. The fourth-order valence-corrected chi connectivity index (χ4v) is 3.62. The van der Waals surface area contributed by atoms with E-state index in [0.717, 1.165) is 30.3 Å². The molecule has 1 heterocycles. The van der Waals surface area contributed by atoms with E-state index in [1.807, 2.05) is 48.5 Å².